The predicted molar refractivity (Wildman–Crippen MR) is 63.2 cm³/mol. The van der Waals surface area contributed by atoms with E-state index >= 15 is 0 Å². The maximum absolute atomic E-state index is 10.6. The number of hydrogen-bond acceptors (Lipinski definition) is 1. The maximum atomic E-state index is 10.6. The van der Waals surface area contributed by atoms with Crippen molar-refractivity contribution in [3.8, 4) is 0 Å². The molecule has 1 aromatic carbocycles. The molecule has 0 aromatic heterocycles. The molecule has 0 unspecified atom stereocenters. The maximum Gasteiger partial charge on any atom is 0.128 e. The van der Waals surface area contributed by atoms with Gasteiger partial charge in [-0.1, -0.05) is 36.8 Å². The van der Waals surface area contributed by atoms with Gasteiger partial charge >= 0.3 is 0 Å². The molecule has 0 aliphatic rings. The number of hydrogen-bond donors (Lipinski definition) is 0. The Kier molecular flexibility index (Phi) is 5.71. The highest BCUT2D eigenvalue weighted by Gasteiger charge is 1.88. The van der Waals surface area contributed by atoms with Crippen LogP contribution in [-0.4, -0.2) is 18.9 Å². The van der Waals surface area contributed by atoms with E-state index in [4.69, 9.17) is 0 Å². The lowest BCUT2D eigenvalue weighted by Crippen LogP contribution is -1.97. The summed E-state index contributed by atoms with van der Waals surface area (Å²) >= 11 is 0. The Morgan fingerprint density at radius 1 is 1.20 bits per heavy atom. The molecule has 0 fully saturated rings. The summed E-state index contributed by atoms with van der Waals surface area (Å²) in [4.78, 5) is 10.6. The molecule has 0 saturated carbocycles. The monoisotopic (exact) mass is 204 g/mol. The summed E-state index contributed by atoms with van der Waals surface area (Å²) in [7, 11) is 0. The van der Waals surface area contributed by atoms with Gasteiger partial charge < -0.3 is 10.1 Å². The van der Waals surface area contributed by atoms with Crippen LogP contribution in [0, 0.1) is 0 Å². The van der Waals surface area contributed by atoms with E-state index in [0.29, 0.717) is 13.0 Å². The number of rotatable bonds is 7. The minimum absolute atomic E-state index is 0.224. The number of carbonyl (C=O) groups excluding carboxylic acids is 1. The minimum Gasteiger partial charge on any atom is -0.662 e. The van der Waals surface area contributed by atoms with Crippen LogP contribution in [0.3, 0.4) is 0 Å². The van der Waals surface area contributed by atoms with Gasteiger partial charge in [-0.2, -0.15) is 0 Å². The molecule has 0 atom stereocenters. The molecule has 1 aromatic rings. The second kappa shape index (κ2) is 7.18. The minimum atomic E-state index is 0.224. The van der Waals surface area contributed by atoms with Crippen LogP contribution in [0.15, 0.2) is 30.3 Å². The third-order valence-corrected chi connectivity index (χ3v) is 2.25. The fourth-order valence-corrected chi connectivity index (χ4v) is 1.39. The van der Waals surface area contributed by atoms with E-state index in [2.05, 4.69) is 29.6 Å². The Balaban J connectivity index is 2.00. The van der Waals surface area contributed by atoms with Gasteiger partial charge in [-0.3, -0.25) is 0 Å². The smallest absolute Gasteiger partial charge is 0.128 e. The SMILES string of the molecule is CC(=O)CC[N-]CCCc1ccccc1. The van der Waals surface area contributed by atoms with Gasteiger partial charge in [-0.15, -0.1) is 13.1 Å². The number of aryl methyl sites for hydroxylation is 1. The molecule has 0 spiro atoms. The molecule has 0 radical (unpaired) electrons. The van der Waals surface area contributed by atoms with Gasteiger partial charge in [-0.05, 0) is 25.3 Å². The van der Waals surface area contributed by atoms with Crippen LogP contribution in [-0.2, 0) is 11.2 Å². The first-order valence-electron chi connectivity index (χ1n) is 5.45. The second-order valence-corrected chi connectivity index (χ2v) is 3.71. The molecular weight excluding hydrogens is 186 g/mol. The Morgan fingerprint density at radius 2 is 1.93 bits per heavy atom. The van der Waals surface area contributed by atoms with Crippen molar-refractivity contribution >= 4 is 5.78 Å². The van der Waals surface area contributed by atoms with Crippen molar-refractivity contribution in [2.24, 2.45) is 0 Å². The third-order valence-electron chi connectivity index (χ3n) is 2.25. The van der Waals surface area contributed by atoms with Crippen LogP contribution in [0.25, 0.3) is 5.32 Å². The van der Waals surface area contributed by atoms with Gasteiger partial charge in [0.25, 0.3) is 0 Å². The largest absolute Gasteiger partial charge is 0.662 e. The van der Waals surface area contributed by atoms with Crippen LogP contribution >= 0.6 is 0 Å². The molecule has 0 N–H and O–H groups in total. The van der Waals surface area contributed by atoms with Gasteiger partial charge in [0.05, 0.1) is 0 Å². The van der Waals surface area contributed by atoms with Crippen LogP contribution in [0.1, 0.15) is 25.3 Å². The zero-order valence-electron chi connectivity index (χ0n) is 9.28. The highest BCUT2D eigenvalue weighted by atomic mass is 16.1. The number of ketones is 1. The molecular formula is C13H18NO-. The molecule has 0 heterocycles. The first-order chi connectivity index (χ1) is 7.29. The van der Waals surface area contributed by atoms with Crippen molar-refractivity contribution in [3.63, 3.8) is 0 Å². The molecule has 2 heteroatoms. The van der Waals surface area contributed by atoms with E-state index < -0.39 is 0 Å². The summed E-state index contributed by atoms with van der Waals surface area (Å²) < 4.78 is 0. The van der Waals surface area contributed by atoms with Gasteiger partial charge in [-0.25, -0.2) is 0 Å². The lowest BCUT2D eigenvalue weighted by atomic mass is 10.1. The average molecular weight is 204 g/mol. The topological polar surface area (TPSA) is 31.2 Å². The zero-order chi connectivity index (χ0) is 10.9. The van der Waals surface area contributed by atoms with Gasteiger partial charge in [0, 0.05) is 0 Å². The average Bonchev–Trinajstić information content (AvgIpc) is 2.24. The summed E-state index contributed by atoms with van der Waals surface area (Å²) in [6.45, 7) is 3.16. The normalized spacial score (nSPS) is 10.2. The first-order valence-corrected chi connectivity index (χ1v) is 5.45. The standard InChI is InChI=1S/C13H18NO/c1-12(15)9-11-14-10-5-8-13-6-3-2-4-7-13/h2-4,6-7H,5,8-11H2,1H3/q-1. The number of carbonyl (C=O) groups is 1. The molecule has 0 bridgehead atoms. The van der Waals surface area contributed by atoms with Crippen molar-refractivity contribution in [2.75, 3.05) is 13.1 Å². The fraction of sp³-hybridized carbons (Fsp3) is 0.462. The van der Waals surface area contributed by atoms with E-state index in [0.717, 1.165) is 19.4 Å². The second-order valence-electron chi connectivity index (χ2n) is 3.71. The van der Waals surface area contributed by atoms with E-state index in [1.807, 2.05) is 6.07 Å². The Hall–Kier alpha value is -1.15. The van der Waals surface area contributed by atoms with E-state index in [1.165, 1.54) is 5.56 Å². The quantitative estimate of drug-likeness (QED) is 0.628. The first kappa shape index (κ1) is 11.9. The Bertz CT molecular complexity index is 282. The molecule has 1 rings (SSSR count). The van der Waals surface area contributed by atoms with Gasteiger partial charge in [0.2, 0.25) is 0 Å². The molecule has 0 amide bonds. The molecule has 15 heavy (non-hydrogen) atoms. The van der Waals surface area contributed by atoms with Crippen LogP contribution in [0.4, 0.5) is 0 Å². The highest BCUT2D eigenvalue weighted by molar-refractivity contribution is 5.75. The van der Waals surface area contributed by atoms with Crippen LogP contribution in [0.5, 0.6) is 0 Å². The molecule has 0 aliphatic heterocycles. The molecule has 2 nitrogen and oxygen atoms in total. The van der Waals surface area contributed by atoms with Crippen molar-refractivity contribution in [3.05, 3.63) is 41.2 Å². The van der Waals surface area contributed by atoms with E-state index in [9.17, 15) is 4.79 Å². The Labute approximate surface area is 91.7 Å². The lowest BCUT2D eigenvalue weighted by molar-refractivity contribution is -0.116. The van der Waals surface area contributed by atoms with Crippen molar-refractivity contribution in [1.82, 2.24) is 0 Å². The van der Waals surface area contributed by atoms with Crippen LogP contribution < -0.4 is 0 Å². The number of Topliss-reactive ketones (excluding diaryl/α,β-unsaturated/α-hetero) is 1. The summed E-state index contributed by atoms with van der Waals surface area (Å²) in [5.74, 6) is 0.224. The van der Waals surface area contributed by atoms with E-state index in [1.54, 1.807) is 6.92 Å². The van der Waals surface area contributed by atoms with Crippen molar-refractivity contribution < 1.29 is 4.79 Å². The predicted octanol–water partition coefficient (Wildman–Crippen LogP) is 2.97. The van der Waals surface area contributed by atoms with Crippen molar-refractivity contribution in [1.29, 1.82) is 0 Å². The van der Waals surface area contributed by atoms with Crippen molar-refractivity contribution in [2.45, 2.75) is 26.2 Å². The van der Waals surface area contributed by atoms with Gasteiger partial charge in [0.1, 0.15) is 5.78 Å². The zero-order valence-corrected chi connectivity index (χ0v) is 9.28. The third kappa shape index (κ3) is 6.02. The molecule has 0 aliphatic carbocycles. The van der Waals surface area contributed by atoms with Crippen LogP contribution in [0.2, 0.25) is 0 Å². The summed E-state index contributed by atoms with van der Waals surface area (Å²) in [6.07, 6.45) is 2.73. The summed E-state index contributed by atoms with van der Waals surface area (Å²) in [6, 6.07) is 10.4. The number of nitrogens with zero attached hydrogens (tertiary/aromatic N) is 1. The summed E-state index contributed by atoms with van der Waals surface area (Å²) in [5.41, 5.74) is 1.36. The fourth-order valence-electron chi connectivity index (χ4n) is 1.39. The van der Waals surface area contributed by atoms with E-state index in [-0.39, 0.29) is 5.78 Å². The summed E-state index contributed by atoms with van der Waals surface area (Å²) in [5, 5.41) is 4.31. The Morgan fingerprint density at radius 3 is 2.60 bits per heavy atom. The molecule has 82 valence electrons. The molecule has 0 saturated heterocycles. The van der Waals surface area contributed by atoms with Gasteiger partial charge in [0.15, 0.2) is 0 Å². The lowest BCUT2D eigenvalue weighted by Gasteiger charge is -2.17. The highest BCUT2D eigenvalue weighted by Crippen LogP contribution is 2.04. The number of benzene rings is 1.